The van der Waals surface area contributed by atoms with Crippen LogP contribution < -0.4 is 0 Å². The number of nitrogens with zero attached hydrogens (tertiary/aromatic N) is 1. The molecule has 1 amide bonds. The fourth-order valence-electron chi connectivity index (χ4n) is 2.33. The zero-order valence-corrected chi connectivity index (χ0v) is 8.50. The van der Waals surface area contributed by atoms with Gasteiger partial charge in [0.1, 0.15) is 0 Å². The van der Waals surface area contributed by atoms with Gasteiger partial charge in [-0.05, 0) is 19.3 Å². The average molecular weight is 201 g/mol. The second kappa shape index (κ2) is 3.88. The Morgan fingerprint density at radius 3 is 3.15 bits per heavy atom. The van der Waals surface area contributed by atoms with Crippen LogP contribution in [0.5, 0.6) is 0 Å². The standard InChI is InChI=1S/C9H15NO2S/c11-9(6-13)10-4-5-12-8-3-1-2-7(8)10/h7-8,13H,1-6H2. The fraction of sp³-hybridized carbons (Fsp3) is 0.889. The molecule has 0 aromatic rings. The molecule has 74 valence electrons. The molecule has 2 rings (SSSR count). The van der Waals surface area contributed by atoms with Crippen molar-refractivity contribution in [1.82, 2.24) is 4.90 Å². The Balaban J connectivity index is 2.05. The largest absolute Gasteiger partial charge is 0.374 e. The van der Waals surface area contributed by atoms with Crippen LogP contribution in [0.25, 0.3) is 0 Å². The van der Waals surface area contributed by atoms with Crippen molar-refractivity contribution in [3.8, 4) is 0 Å². The van der Waals surface area contributed by atoms with Gasteiger partial charge in [-0.3, -0.25) is 4.79 Å². The number of carbonyl (C=O) groups is 1. The van der Waals surface area contributed by atoms with Gasteiger partial charge in [0.25, 0.3) is 0 Å². The molecule has 0 aromatic carbocycles. The third kappa shape index (κ3) is 1.70. The predicted octanol–water partition coefficient (Wildman–Crippen LogP) is 0.696. The molecule has 0 aromatic heterocycles. The molecule has 2 aliphatic rings. The molecule has 0 N–H and O–H groups in total. The topological polar surface area (TPSA) is 29.5 Å². The van der Waals surface area contributed by atoms with Gasteiger partial charge >= 0.3 is 0 Å². The number of ether oxygens (including phenoxy) is 1. The number of hydrogen-bond acceptors (Lipinski definition) is 3. The van der Waals surface area contributed by atoms with Crippen LogP contribution in [0, 0.1) is 0 Å². The third-order valence-electron chi connectivity index (χ3n) is 2.94. The first-order valence-corrected chi connectivity index (χ1v) is 5.48. The maximum Gasteiger partial charge on any atom is 0.232 e. The number of amides is 1. The van der Waals surface area contributed by atoms with E-state index in [9.17, 15) is 4.79 Å². The first kappa shape index (κ1) is 9.34. The van der Waals surface area contributed by atoms with Gasteiger partial charge in [-0.15, -0.1) is 0 Å². The summed E-state index contributed by atoms with van der Waals surface area (Å²) in [4.78, 5) is 13.5. The highest BCUT2D eigenvalue weighted by Gasteiger charge is 2.37. The van der Waals surface area contributed by atoms with Gasteiger partial charge in [0, 0.05) is 6.54 Å². The highest BCUT2D eigenvalue weighted by molar-refractivity contribution is 7.81. The molecule has 3 nitrogen and oxygen atoms in total. The molecule has 2 fully saturated rings. The lowest BCUT2D eigenvalue weighted by Crippen LogP contribution is -2.51. The van der Waals surface area contributed by atoms with Crippen LogP contribution in [0.15, 0.2) is 0 Å². The Hall–Kier alpha value is -0.220. The molecule has 1 heterocycles. The van der Waals surface area contributed by atoms with Crippen molar-refractivity contribution in [2.24, 2.45) is 0 Å². The normalized spacial score (nSPS) is 33.2. The minimum Gasteiger partial charge on any atom is -0.374 e. The quantitative estimate of drug-likeness (QED) is 0.633. The number of rotatable bonds is 1. The Morgan fingerprint density at radius 1 is 1.54 bits per heavy atom. The molecule has 1 aliphatic carbocycles. The molecule has 2 atom stereocenters. The van der Waals surface area contributed by atoms with Gasteiger partial charge in [-0.2, -0.15) is 12.6 Å². The van der Waals surface area contributed by atoms with E-state index in [1.807, 2.05) is 4.90 Å². The molecule has 0 radical (unpaired) electrons. The van der Waals surface area contributed by atoms with Crippen molar-refractivity contribution < 1.29 is 9.53 Å². The summed E-state index contributed by atoms with van der Waals surface area (Å²) < 4.78 is 5.61. The molecule has 0 spiro atoms. The van der Waals surface area contributed by atoms with Crippen LogP contribution in [0.1, 0.15) is 19.3 Å². The summed E-state index contributed by atoms with van der Waals surface area (Å²) in [6, 6.07) is 0.341. The van der Waals surface area contributed by atoms with E-state index in [1.165, 1.54) is 6.42 Å². The van der Waals surface area contributed by atoms with Crippen molar-refractivity contribution in [2.75, 3.05) is 18.9 Å². The van der Waals surface area contributed by atoms with Crippen LogP contribution in [-0.4, -0.2) is 41.9 Å². The molecule has 1 saturated heterocycles. The average Bonchev–Trinajstić information content (AvgIpc) is 2.63. The van der Waals surface area contributed by atoms with E-state index in [-0.39, 0.29) is 5.91 Å². The van der Waals surface area contributed by atoms with Crippen molar-refractivity contribution >= 4 is 18.5 Å². The lowest BCUT2D eigenvalue weighted by atomic mass is 10.1. The van der Waals surface area contributed by atoms with Crippen LogP contribution >= 0.6 is 12.6 Å². The monoisotopic (exact) mass is 201 g/mol. The first-order chi connectivity index (χ1) is 6.33. The van der Waals surface area contributed by atoms with Gasteiger partial charge in [-0.1, -0.05) is 0 Å². The number of carbonyl (C=O) groups excluding carboxylic acids is 1. The van der Waals surface area contributed by atoms with Crippen LogP contribution in [-0.2, 0) is 9.53 Å². The minimum atomic E-state index is 0.156. The summed E-state index contributed by atoms with van der Waals surface area (Å²) in [5, 5.41) is 0. The third-order valence-corrected chi connectivity index (χ3v) is 3.21. The minimum absolute atomic E-state index is 0.156. The van der Waals surface area contributed by atoms with Crippen molar-refractivity contribution in [3.63, 3.8) is 0 Å². The Morgan fingerprint density at radius 2 is 2.38 bits per heavy atom. The second-order valence-electron chi connectivity index (χ2n) is 3.65. The lowest BCUT2D eigenvalue weighted by Gasteiger charge is -2.37. The van der Waals surface area contributed by atoms with Crippen LogP contribution in [0.2, 0.25) is 0 Å². The molecular formula is C9H15NO2S. The van der Waals surface area contributed by atoms with Gasteiger partial charge in [-0.25, -0.2) is 0 Å². The van der Waals surface area contributed by atoms with Gasteiger partial charge in [0.15, 0.2) is 0 Å². The number of morpholine rings is 1. The van der Waals surface area contributed by atoms with Gasteiger partial charge < -0.3 is 9.64 Å². The smallest absolute Gasteiger partial charge is 0.232 e. The van der Waals surface area contributed by atoms with E-state index in [0.29, 0.717) is 24.5 Å². The number of fused-ring (bicyclic) bond motifs is 1. The second-order valence-corrected chi connectivity index (χ2v) is 3.97. The van der Waals surface area contributed by atoms with Gasteiger partial charge in [0.2, 0.25) is 5.91 Å². The first-order valence-electron chi connectivity index (χ1n) is 4.85. The number of hydrogen-bond donors (Lipinski definition) is 1. The number of thiol groups is 1. The highest BCUT2D eigenvalue weighted by atomic mass is 32.1. The van der Waals surface area contributed by atoms with Crippen molar-refractivity contribution in [1.29, 1.82) is 0 Å². The van der Waals surface area contributed by atoms with Crippen molar-refractivity contribution in [3.05, 3.63) is 0 Å². The van der Waals surface area contributed by atoms with Gasteiger partial charge in [0.05, 0.1) is 24.5 Å². The fourth-order valence-corrected chi connectivity index (χ4v) is 2.51. The molecule has 1 aliphatic heterocycles. The van der Waals surface area contributed by atoms with E-state index in [2.05, 4.69) is 12.6 Å². The summed E-state index contributed by atoms with van der Waals surface area (Å²) >= 11 is 4.02. The Labute approximate surface area is 83.8 Å². The maximum atomic E-state index is 11.5. The Kier molecular flexibility index (Phi) is 2.79. The SMILES string of the molecule is O=C(CS)N1CCOC2CCCC21. The van der Waals surface area contributed by atoms with Crippen LogP contribution in [0.4, 0.5) is 0 Å². The van der Waals surface area contributed by atoms with E-state index >= 15 is 0 Å². The molecule has 13 heavy (non-hydrogen) atoms. The van der Waals surface area contributed by atoms with E-state index in [1.54, 1.807) is 0 Å². The lowest BCUT2D eigenvalue weighted by molar-refractivity contribution is -0.141. The Bertz CT molecular complexity index is 210. The summed E-state index contributed by atoms with van der Waals surface area (Å²) in [5.74, 6) is 0.479. The van der Waals surface area contributed by atoms with E-state index in [0.717, 1.165) is 19.4 Å². The summed E-state index contributed by atoms with van der Waals surface area (Å²) in [6.45, 7) is 1.45. The highest BCUT2D eigenvalue weighted by Crippen LogP contribution is 2.29. The maximum absolute atomic E-state index is 11.5. The summed E-state index contributed by atoms with van der Waals surface area (Å²) in [7, 11) is 0. The molecule has 1 saturated carbocycles. The molecule has 4 heteroatoms. The molecular weight excluding hydrogens is 186 g/mol. The predicted molar refractivity (Wildman–Crippen MR) is 52.9 cm³/mol. The summed E-state index contributed by atoms with van der Waals surface area (Å²) in [5.41, 5.74) is 0. The zero-order chi connectivity index (χ0) is 9.26. The molecule has 0 bridgehead atoms. The molecule has 2 unspecified atom stereocenters. The summed E-state index contributed by atoms with van der Waals surface area (Å²) in [6.07, 6.45) is 3.70. The van der Waals surface area contributed by atoms with Crippen molar-refractivity contribution in [2.45, 2.75) is 31.4 Å². The van der Waals surface area contributed by atoms with E-state index < -0.39 is 0 Å². The van der Waals surface area contributed by atoms with E-state index in [4.69, 9.17) is 4.74 Å². The van der Waals surface area contributed by atoms with Crippen LogP contribution in [0.3, 0.4) is 0 Å². The zero-order valence-electron chi connectivity index (χ0n) is 7.61.